The summed E-state index contributed by atoms with van der Waals surface area (Å²) in [6, 6.07) is 9.36. The summed E-state index contributed by atoms with van der Waals surface area (Å²) in [6.45, 7) is 0. The third-order valence-corrected chi connectivity index (χ3v) is 3.07. The van der Waals surface area contributed by atoms with Crippen LogP contribution in [-0.2, 0) is 0 Å². The highest BCUT2D eigenvalue weighted by molar-refractivity contribution is 5.59. The molecule has 0 aliphatic rings. The van der Waals surface area contributed by atoms with E-state index in [-0.39, 0.29) is 17.3 Å². The van der Waals surface area contributed by atoms with Gasteiger partial charge in [0, 0.05) is 11.6 Å². The summed E-state index contributed by atoms with van der Waals surface area (Å²) in [6.07, 6.45) is -3.48. The van der Waals surface area contributed by atoms with Gasteiger partial charge in [0.15, 0.2) is 5.82 Å². The van der Waals surface area contributed by atoms with Crippen LogP contribution in [0.25, 0.3) is 17.1 Å². The summed E-state index contributed by atoms with van der Waals surface area (Å²) in [7, 11) is 0. The van der Waals surface area contributed by atoms with Crippen LogP contribution >= 0.6 is 0 Å². The minimum atomic E-state index is -4.78. The molecule has 0 amide bonds. The van der Waals surface area contributed by atoms with E-state index in [0.717, 1.165) is 6.07 Å². The molecule has 3 rings (SSSR count). The van der Waals surface area contributed by atoms with Gasteiger partial charge in [-0.05, 0) is 30.3 Å². The Kier molecular flexibility index (Phi) is 3.84. The normalized spacial score (nSPS) is 11.5. The van der Waals surface area contributed by atoms with Gasteiger partial charge in [0.1, 0.15) is 17.9 Å². The Morgan fingerprint density at radius 3 is 2.58 bits per heavy atom. The largest absolute Gasteiger partial charge is 0.573 e. The summed E-state index contributed by atoms with van der Waals surface area (Å²) in [4.78, 5) is 4.02. The van der Waals surface area contributed by atoms with E-state index in [0.29, 0.717) is 11.3 Å². The number of nitrogen functional groups attached to an aromatic ring is 1. The fourth-order valence-electron chi connectivity index (χ4n) is 2.01. The number of anilines is 1. The summed E-state index contributed by atoms with van der Waals surface area (Å²) in [5, 5.41) is 4.12. The van der Waals surface area contributed by atoms with Crippen LogP contribution in [0, 0.1) is 5.82 Å². The molecule has 0 saturated heterocycles. The Morgan fingerprint density at radius 2 is 1.88 bits per heavy atom. The van der Waals surface area contributed by atoms with Gasteiger partial charge in [-0.2, -0.15) is 0 Å². The maximum absolute atomic E-state index is 13.5. The number of halogens is 4. The Labute approximate surface area is 133 Å². The molecule has 0 atom stereocenters. The van der Waals surface area contributed by atoms with E-state index in [1.807, 2.05) is 0 Å². The van der Waals surface area contributed by atoms with Crippen LogP contribution in [0.4, 0.5) is 23.2 Å². The standard InChI is InChI=1S/C15H10F4N4O/c16-12-6-9(4-5-13(12)20)14-21-8-23(22-14)10-2-1-3-11(7-10)24-15(17,18)19/h1-8H,20H2. The van der Waals surface area contributed by atoms with Crippen molar-refractivity contribution in [3.05, 3.63) is 54.6 Å². The van der Waals surface area contributed by atoms with Crippen molar-refractivity contribution in [2.24, 2.45) is 0 Å². The number of rotatable bonds is 3. The van der Waals surface area contributed by atoms with Gasteiger partial charge in [0.2, 0.25) is 0 Å². The second-order valence-corrected chi connectivity index (χ2v) is 4.79. The van der Waals surface area contributed by atoms with Gasteiger partial charge < -0.3 is 10.5 Å². The van der Waals surface area contributed by atoms with Crippen LogP contribution in [0.5, 0.6) is 5.75 Å². The maximum Gasteiger partial charge on any atom is 0.573 e. The van der Waals surface area contributed by atoms with Crippen molar-refractivity contribution < 1.29 is 22.3 Å². The molecule has 0 radical (unpaired) electrons. The van der Waals surface area contributed by atoms with Crippen molar-refractivity contribution in [3.63, 3.8) is 0 Å². The van der Waals surface area contributed by atoms with E-state index in [1.54, 1.807) is 6.07 Å². The van der Waals surface area contributed by atoms with E-state index in [4.69, 9.17) is 5.73 Å². The van der Waals surface area contributed by atoms with E-state index in [1.165, 1.54) is 41.3 Å². The molecule has 0 aliphatic heterocycles. The Balaban J connectivity index is 1.90. The van der Waals surface area contributed by atoms with Gasteiger partial charge >= 0.3 is 6.36 Å². The molecule has 0 bridgehead atoms. The molecule has 2 N–H and O–H groups in total. The van der Waals surface area contributed by atoms with Crippen LogP contribution in [-0.4, -0.2) is 21.1 Å². The van der Waals surface area contributed by atoms with Crippen molar-refractivity contribution in [3.8, 4) is 22.8 Å². The predicted octanol–water partition coefficient (Wildman–Crippen LogP) is 3.55. The quantitative estimate of drug-likeness (QED) is 0.586. The highest BCUT2D eigenvalue weighted by Crippen LogP contribution is 2.25. The number of hydrogen-bond donors (Lipinski definition) is 1. The zero-order chi connectivity index (χ0) is 17.3. The minimum Gasteiger partial charge on any atom is -0.406 e. The van der Waals surface area contributed by atoms with Crippen molar-refractivity contribution in [1.82, 2.24) is 14.8 Å². The summed E-state index contributed by atoms with van der Waals surface area (Å²) < 4.78 is 55.4. The SMILES string of the molecule is Nc1ccc(-c2ncn(-c3cccc(OC(F)(F)F)c3)n2)cc1F. The molecular weight excluding hydrogens is 328 g/mol. The van der Waals surface area contributed by atoms with Crippen molar-refractivity contribution in [2.75, 3.05) is 5.73 Å². The molecule has 1 heterocycles. The second kappa shape index (κ2) is 5.84. The zero-order valence-electron chi connectivity index (χ0n) is 12.0. The lowest BCUT2D eigenvalue weighted by atomic mass is 10.2. The Morgan fingerprint density at radius 1 is 1.08 bits per heavy atom. The first kappa shape index (κ1) is 15.8. The zero-order valence-corrected chi connectivity index (χ0v) is 12.0. The first-order valence-corrected chi connectivity index (χ1v) is 6.65. The summed E-state index contributed by atoms with van der Waals surface area (Å²) in [5.41, 5.74) is 6.10. The van der Waals surface area contributed by atoms with Crippen LogP contribution in [0.15, 0.2) is 48.8 Å². The summed E-state index contributed by atoms with van der Waals surface area (Å²) in [5.74, 6) is -0.781. The number of nitrogens with two attached hydrogens (primary N) is 1. The molecule has 1 aromatic heterocycles. The lowest BCUT2D eigenvalue weighted by Crippen LogP contribution is -2.17. The number of ether oxygens (including phenoxy) is 1. The first-order chi connectivity index (χ1) is 11.3. The predicted molar refractivity (Wildman–Crippen MR) is 77.8 cm³/mol. The molecule has 0 saturated carbocycles. The fraction of sp³-hybridized carbons (Fsp3) is 0.0667. The van der Waals surface area contributed by atoms with Crippen LogP contribution in [0.2, 0.25) is 0 Å². The van der Waals surface area contributed by atoms with Crippen LogP contribution in [0.3, 0.4) is 0 Å². The van der Waals surface area contributed by atoms with Gasteiger partial charge in [-0.15, -0.1) is 18.3 Å². The number of aromatic nitrogens is 3. The van der Waals surface area contributed by atoms with Gasteiger partial charge in [0.05, 0.1) is 11.4 Å². The highest BCUT2D eigenvalue weighted by atomic mass is 19.4. The topological polar surface area (TPSA) is 66.0 Å². The molecule has 5 nitrogen and oxygen atoms in total. The molecule has 0 unspecified atom stereocenters. The van der Waals surface area contributed by atoms with E-state index in [9.17, 15) is 17.6 Å². The minimum absolute atomic E-state index is 0.00446. The maximum atomic E-state index is 13.5. The lowest BCUT2D eigenvalue weighted by molar-refractivity contribution is -0.274. The average Bonchev–Trinajstić information content (AvgIpc) is 2.98. The van der Waals surface area contributed by atoms with Gasteiger partial charge in [-0.1, -0.05) is 6.07 Å². The molecule has 24 heavy (non-hydrogen) atoms. The molecular formula is C15H10F4N4O. The molecule has 0 fully saturated rings. The molecule has 124 valence electrons. The van der Waals surface area contributed by atoms with Crippen molar-refractivity contribution in [2.45, 2.75) is 6.36 Å². The molecule has 3 aromatic rings. The Bertz CT molecular complexity index is 876. The van der Waals surface area contributed by atoms with Gasteiger partial charge in [-0.25, -0.2) is 14.1 Å². The highest BCUT2D eigenvalue weighted by Gasteiger charge is 2.31. The fourth-order valence-corrected chi connectivity index (χ4v) is 2.01. The van der Waals surface area contributed by atoms with Crippen molar-refractivity contribution in [1.29, 1.82) is 0 Å². The summed E-state index contributed by atoms with van der Waals surface area (Å²) >= 11 is 0. The number of hydrogen-bond acceptors (Lipinski definition) is 4. The van der Waals surface area contributed by atoms with Crippen LogP contribution < -0.4 is 10.5 Å². The van der Waals surface area contributed by atoms with E-state index < -0.39 is 12.2 Å². The lowest BCUT2D eigenvalue weighted by Gasteiger charge is -2.09. The smallest absolute Gasteiger partial charge is 0.406 e. The molecule has 2 aromatic carbocycles. The van der Waals surface area contributed by atoms with E-state index in [2.05, 4.69) is 14.8 Å². The third-order valence-electron chi connectivity index (χ3n) is 3.07. The number of nitrogens with zero attached hydrogens (tertiary/aromatic N) is 3. The van der Waals surface area contributed by atoms with Crippen LogP contribution in [0.1, 0.15) is 0 Å². The van der Waals surface area contributed by atoms with Gasteiger partial charge in [0.25, 0.3) is 0 Å². The average molecular weight is 338 g/mol. The first-order valence-electron chi connectivity index (χ1n) is 6.65. The molecule has 0 spiro atoms. The molecule has 0 aliphatic carbocycles. The van der Waals surface area contributed by atoms with Gasteiger partial charge in [-0.3, -0.25) is 0 Å². The van der Waals surface area contributed by atoms with E-state index >= 15 is 0 Å². The number of alkyl halides is 3. The monoisotopic (exact) mass is 338 g/mol. The van der Waals surface area contributed by atoms with Crippen molar-refractivity contribution >= 4 is 5.69 Å². The Hall–Kier alpha value is -3.10. The third kappa shape index (κ3) is 3.45. The number of benzene rings is 2. The molecule has 9 heteroatoms. The second-order valence-electron chi connectivity index (χ2n) is 4.79.